The van der Waals surface area contributed by atoms with Gasteiger partial charge in [-0.05, 0) is 24.7 Å². The molecule has 2 aliphatic heterocycles. The minimum Gasteiger partial charge on any atom is -0.480 e. The number of hydrogen-bond donors (Lipinski definition) is 2. The number of allylic oxidation sites excluding steroid dienone is 2. The fraction of sp³-hybridized carbons (Fsp3) is 0.667. The van der Waals surface area contributed by atoms with Crippen LogP contribution in [-0.2, 0) is 28.8 Å². The lowest BCUT2D eigenvalue weighted by Crippen LogP contribution is -2.50. The summed E-state index contributed by atoms with van der Waals surface area (Å²) < 4.78 is 0. The molecule has 4 amide bonds. The summed E-state index contributed by atoms with van der Waals surface area (Å²) >= 11 is 0. The summed E-state index contributed by atoms with van der Waals surface area (Å²) in [5.41, 5.74) is 0. The predicted molar refractivity (Wildman–Crippen MR) is 116 cm³/mol. The van der Waals surface area contributed by atoms with Gasteiger partial charge < -0.3 is 10.2 Å². The SMILES string of the molecule is CC(C)C[C@H](C(=O)O)N1C(=O)[C@@H]2C3C=CC([C@@H]2C1=O)[C@@H]1C(=O)N([C@H](CC(C)C)C(=O)O)C(=O)[C@H]31. The minimum absolute atomic E-state index is 0.0795. The molecule has 2 N–H and O–H groups in total. The highest BCUT2D eigenvalue weighted by molar-refractivity contribution is 6.13. The van der Waals surface area contributed by atoms with E-state index in [-0.39, 0.29) is 24.7 Å². The number of nitrogens with zero attached hydrogens (tertiary/aromatic N) is 2. The van der Waals surface area contributed by atoms with Crippen LogP contribution in [0, 0.1) is 47.3 Å². The molecule has 0 aromatic rings. The van der Waals surface area contributed by atoms with Gasteiger partial charge in [0.05, 0.1) is 23.7 Å². The van der Waals surface area contributed by atoms with Crippen molar-refractivity contribution in [3.05, 3.63) is 12.2 Å². The molecule has 0 aromatic carbocycles. The maximum atomic E-state index is 13.4. The average Bonchev–Trinajstić information content (AvgIpc) is 3.17. The summed E-state index contributed by atoms with van der Waals surface area (Å²) in [6.07, 6.45) is 3.55. The first kappa shape index (κ1) is 24.1. The van der Waals surface area contributed by atoms with E-state index in [1.165, 1.54) is 0 Å². The highest BCUT2D eigenvalue weighted by Crippen LogP contribution is 2.58. The van der Waals surface area contributed by atoms with Gasteiger partial charge in [0.25, 0.3) is 0 Å². The van der Waals surface area contributed by atoms with Crippen LogP contribution in [0.2, 0.25) is 0 Å². The standard InChI is InChI=1S/C24H30N2O8/c1-9(2)7-13(23(31)32)25-19(27)15-11-5-6-12(16(15)20(25)28)18-17(11)21(29)26(22(18)30)14(24(33)34)8-10(3)4/h5-6,9-18H,7-8H2,1-4H3,(H,31,32)(H,33,34)/t11?,12?,13-,14-,15-,16+,17-,18+/m1/s1. The molecule has 5 aliphatic rings. The van der Waals surface area contributed by atoms with Gasteiger partial charge in [0.15, 0.2) is 0 Å². The Balaban J connectivity index is 1.70. The molecule has 3 aliphatic carbocycles. The number of amides is 4. The Labute approximate surface area is 196 Å². The zero-order valence-electron chi connectivity index (χ0n) is 19.6. The number of carbonyl (C=O) groups excluding carboxylic acids is 4. The number of carbonyl (C=O) groups is 6. The van der Waals surface area contributed by atoms with Gasteiger partial charge in [-0.3, -0.25) is 29.0 Å². The quantitative estimate of drug-likeness (QED) is 0.391. The van der Waals surface area contributed by atoms with Crippen LogP contribution >= 0.6 is 0 Å². The molecule has 34 heavy (non-hydrogen) atoms. The summed E-state index contributed by atoms with van der Waals surface area (Å²) in [7, 11) is 0. The normalized spacial score (nSPS) is 33.7. The van der Waals surface area contributed by atoms with Crippen LogP contribution in [-0.4, -0.2) is 67.7 Å². The van der Waals surface area contributed by atoms with Crippen molar-refractivity contribution in [1.29, 1.82) is 0 Å². The number of hydrogen-bond acceptors (Lipinski definition) is 6. The van der Waals surface area contributed by atoms with Gasteiger partial charge in [-0.15, -0.1) is 0 Å². The summed E-state index contributed by atoms with van der Waals surface area (Å²) in [5.74, 6) is -10.4. The lowest BCUT2D eigenvalue weighted by Gasteiger charge is -2.44. The third-order valence-corrected chi connectivity index (χ3v) is 7.66. The molecule has 2 bridgehead atoms. The van der Waals surface area contributed by atoms with Crippen molar-refractivity contribution in [2.24, 2.45) is 47.3 Å². The van der Waals surface area contributed by atoms with Crippen LogP contribution in [0.1, 0.15) is 40.5 Å². The van der Waals surface area contributed by atoms with E-state index in [1.54, 1.807) is 39.8 Å². The van der Waals surface area contributed by atoms with Crippen molar-refractivity contribution in [2.75, 3.05) is 0 Å². The molecule has 6 atom stereocenters. The zero-order valence-corrected chi connectivity index (χ0v) is 19.6. The first-order chi connectivity index (χ1) is 15.9. The molecule has 1 saturated carbocycles. The fourth-order valence-electron chi connectivity index (χ4n) is 6.41. The Morgan fingerprint density at radius 1 is 0.676 bits per heavy atom. The first-order valence-electron chi connectivity index (χ1n) is 11.8. The van der Waals surface area contributed by atoms with Crippen LogP contribution in [0.5, 0.6) is 0 Å². The molecule has 10 nitrogen and oxygen atoms in total. The Kier molecular flexibility index (Phi) is 5.90. The number of carboxylic acid groups (broad SMARTS) is 2. The third kappa shape index (κ3) is 3.37. The summed E-state index contributed by atoms with van der Waals surface area (Å²) in [5, 5.41) is 19.5. The molecule has 3 fully saturated rings. The number of carboxylic acids is 2. The van der Waals surface area contributed by atoms with E-state index in [4.69, 9.17) is 0 Å². The predicted octanol–water partition coefficient (Wildman–Crippen LogP) is 1.00. The second-order valence-corrected chi connectivity index (χ2v) is 10.7. The monoisotopic (exact) mass is 474 g/mol. The largest absolute Gasteiger partial charge is 0.480 e. The number of aliphatic carboxylic acids is 2. The van der Waals surface area contributed by atoms with Crippen molar-refractivity contribution in [3.8, 4) is 0 Å². The van der Waals surface area contributed by atoms with Crippen molar-refractivity contribution in [3.63, 3.8) is 0 Å². The van der Waals surface area contributed by atoms with Crippen LogP contribution in [0.25, 0.3) is 0 Å². The molecule has 10 heteroatoms. The lowest BCUT2D eigenvalue weighted by atomic mass is 9.54. The van der Waals surface area contributed by atoms with E-state index >= 15 is 0 Å². The highest BCUT2D eigenvalue weighted by Gasteiger charge is 2.70. The summed E-state index contributed by atoms with van der Waals surface area (Å²) in [4.78, 5) is 79.2. The van der Waals surface area contributed by atoms with Gasteiger partial charge >= 0.3 is 11.9 Å². The molecule has 2 saturated heterocycles. The second kappa shape index (κ2) is 8.32. The number of rotatable bonds is 8. The molecular formula is C24H30N2O8. The second-order valence-electron chi connectivity index (χ2n) is 10.7. The van der Waals surface area contributed by atoms with Gasteiger partial charge in [0, 0.05) is 11.8 Å². The van der Waals surface area contributed by atoms with E-state index in [9.17, 15) is 39.0 Å². The molecular weight excluding hydrogens is 444 g/mol. The Bertz CT molecular complexity index is 879. The molecule has 0 spiro atoms. The molecule has 184 valence electrons. The number of likely N-dealkylation sites (tertiary alicyclic amines) is 2. The molecule has 2 heterocycles. The molecule has 0 aromatic heterocycles. The number of imide groups is 2. The Morgan fingerprint density at radius 3 is 1.15 bits per heavy atom. The van der Waals surface area contributed by atoms with Gasteiger partial charge in [0.1, 0.15) is 12.1 Å². The molecule has 0 unspecified atom stereocenters. The van der Waals surface area contributed by atoms with Crippen LogP contribution < -0.4 is 0 Å². The van der Waals surface area contributed by atoms with Gasteiger partial charge in [-0.25, -0.2) is 9.59 Å². The van der Waals surface area contributed by atoms with E-state index < -0.39 is 83.2 Å². The van der Waals surface area contributed by atoms with E-state index in [2.05, 4.69) is 0 Å². The maximum absolute atomic E-state index is 13.4. The van der Waals surface area contributed by atoms with Gasteiger partial charge in [-0.2, -0.15) is 0 Å². The summed E-state index contributed by atoms with van der Waals surface area (Å²) in [6.45, 7) is 7.19. The van der Waals surface area contributed by atoms with Crippen LogP contribution in [0.15, 0.2) is 12.2 Å². The van der Waals surface area contributed by atoms with Gasteiger partial charge in [-0.1, -0.05) is 39.8 Å². The topological polar surface area (TPSA) is 149 Å². The minimum atomic E-state index is -1.31. The van der Waals surface area contributed by atoms with Crippen molar-refractivity contribution in [1.82, 2.24) is 9.80 Å². The van der Waals surface area contributed by atoms with Crippen LogP contribution in [0.4, 0.5) is 0 Å². The maximum Gasteiger partial charge on any atom is 0.326 e. The molecule has 5 rings (SSSR count). The molecule has 0 radical (unpaired) electrons. The van der Waals surface area contributed by atoms with Crippen LogP contribution in [0.3, 0.4) is 0 Å². The van der Waals surface area contributed by atoms with Crippen molar-refractivity contribution < 1.29 is 39.0 Å². The van der Waals surface area contributed by atoms with Gasteiger partial charge in [0.2, 0.25) is 23.6 Å². The first-order valence-corrected chi connectivity index (χ1v) is 11.8. The Morgan fingerprint density at radius 2 is 0.941 bits per heavy atom. The smallest absolute Gasteiger partial charge is 0.326 e. The zero-order chi connectivity index (χ0) is 25.2. The van der Waals surface area contributed by atoms with Crippen molar-refractivity contribution >= 4 is 35.6 Å². The summed E-state index contributed by atoms with van der Waals surface area (Å²) in [6, 6.07) is -2.62. The van der Waals surface area contributed by atoms with E-state index in [1.807, 2.05) is 0 Å². The Hall–Kier alpha value is -3.04. The highest BCUT2D eigenvalue weighted by atomic mass is 16.4. The van der Waals surface area contributed by atoms with E-state index in [0.717, 1.165) is 9.80 Å². The average molecular weight is 475 g/mol. The lowest BCUT2D eigenvalue weighted by molar-refractivity contribution is -0.156. The fourth-order valence-corrected chi connectivity index (χ4v) is 6.41. The van der Waals surface area contributed by atoms with Crippen molar-refractivity contribution in [2.45, 2.75) is 52.6 Å². The third-order valence-electron chi connectivity index (χ3n) is 7.66. The van der Waals surface area contributed by atoms with E-state index in [0.29, 0.717) is 0 Å².